The summed E-state index contributed by atoms with van der Waals surface area (Å²) in [7, 11) is 0. The van der Waals surface area contributed by atoms with E-state index in [1.54, 1.807) is 24.3 Å². The highest BCUT2D eigenvalue weighted by Crippen LogP contribution is 2.10. The third-order valence-corrected chi connectivity index (χ3v) is 3.12. The molecule has 21 heavy (non-hydrogen) atoms. The summed E-state index contributed by atoms with van der Waals surface area (Å²) in [6, 6.07) is 6.69. The molecule has 1 rings (SSSR count). The fraction of sp³-hybridized carbons (Fsp3) is 0.385. The summed E-state index contributed by atoms with van der Waals surface area (Å²) < 4.78 is 26.5. The Kier molecular flexibility index (Phi) is 6.70. The van der Waals surface area contributed by atoms with E-state index in [1.807, 2.05) is 0 Å². The van der Waals surface area contributed by atoms with E-state index in [0.29, 0.717) is 5.56 Å². The predicted molar refractivity (Wildman–Crippen MR) is 78.1 cm³/mol. The molecule has 0 fully saturated rings. The maximum Gasteiger partial charge on any atom is 0.277 e. The van der Waals surface area contributed by atoms with Crippen LogP contribution in [-0.2, 0) is 4.79 Å². The standard InChI is InChI=1S/C13H16BrF2N3O2/c14-10-3-1-9(2-4-10)12(21)18-6-5-11(20)19-8-13(15,16)7-17/h1-4H,5-8,17H2,(H,18,21)(H,19,20). The smallest absolute Gasteiger partial charge is 0.277 e. The quantitative estimate of drug-likeness (QED) is 0.682. The van der Waals surface area contributed by atoms with Crippen LogP contribution < -0.4 is 16.4 Å². The van der Waals surface area contributed by atoms with Gasteiger partial charge in [0.1, 0.15) is 0 Å². The van der Waals surface area contributed by atoms with Crippen molar-refractivity contribution in [3.63, 3.8) is 0 Å². The van der Waals surface area contributed by atoms with E-state index in [4.69, 9.17) is 5.73 Å². The van der Waals surface area contributed by atoms with E-state index in [0.717, 1.165) is 4.47 Å². The molecule has 0 aliphatic carbocycles. The van der Waals surface area contributed by atoms with Gasteiger partial charge in [0.2, 0.25) is 5.91 Å². The van der Waals surface area contributed by atoms with Crippen molar-refractivity contribution in [3.8, 4) is 0 Å². The maximum absolute atomic E-state index is 12.8. The summed E-state index contributed by atoms with van der Waals surface area (Å²) in [5.74, 6) is -4.02. The van der Waals surface area contributed by atoms with Crippen LogP contribution in [0.3, 0.4) is 0 Å². The Morgan fingerprint density at radius 2 is 1.81 bits per heavy atom. The summed E-state index contributed by atoms with van der Waals surface area (Å²) in [5, 5.41) is 4.60. The molecule has 5 nitrogen and oxygen atoms in total. The first-order valence-corrected chi connectivity index (χ1v) is 7.02. The van der Waals surface area contributed by atoms with Gasteiger partial charge in [-0.2, -0.15) is 0 Å². The first-order chi connectivity index (χ1) is 9.84. The molecule has 1 aromatic rings. The Labute approximate surface area is 129 Å². The Morgan fingerprint density at radius 3 is 2.38 bits per heavy atom. The van der Waals surface area contributed by atoms with E-state index in [9.17, 15) is 18.4 Å². The first-order valence-electron chi connectivity index (χ1n) is 6.22. The van der Waals surface area contributed by atoms with Crippen LogP contribution in [0.25, 0.3) is 0 Å². The number of halogens is 3. The summed E-state index contributed by atoms with van der Waals surface area (Å²) >= 11 is 3.25. The van der Waals surface area contributed by atoms with Crippen LogP contribution in [-0.4, -0.2) is 37.4 Å². The molecular weight excluding hydrogens is 348 g/mol. The fourth-order valence-corrected chi connectivity index (χ4v) is 1.65. The van der Waals surface area contributed by atoms with Crippen LogP contribution in [0.5, 0.6) is 0 Å². The van der Waals surface area contributed by atoms with Crippen molar-refractivity contribution in [2.24, 2.45) is 5.73 Å². The van der Waals surface area contributed by atoms with Gasteiger partial charge in [0.05, 0.1) is 13.1 Å². The Morgan fingerprint density at radius 1 is 1.19 bits per heavy atom. The van der Waals surface area contributed by atoms with Gasteiger partial charge in [-0.05, 0) is 24.3 Å². The number of nitrogens with one attached hydrogen (secondary N) is 2. The van der Waals surface area contributed by atoms with E-state index in [1.165, 1.54) is 0 Å². The molecule has 0 bridgehead atoms. The lowest BCUT2D eigenvalue weighted by atomic mass is 10.2. The molecule has 0 spiro atoms. The van der Waals surface area contributed by atoms with E-state index in [-0.39, 0.29) is 18.9 Å². The Hall–Kier alpha value is -1.54. The zero-order valence-corrected chi connectivity index (χ0v) is 12.8. The monoisotopic (exact) mass is 363 g/mol. The zero-order chi connectivity index (χ0) is 15.9. The van der Waals surface area contributed by atoms with Crippen LogP contribution >= 0.6 is 15.9 Å². The van der Waals surface area contributed by atoms with Gasteiger partial charge in [-0.3, -0.25) is 9.59 Å². The number of alkyl halides is 2. The van der Waals surface area contributed by atoms with Crippen molar-refractivity contribution in [1.29, 1.82) is 0 Å². The second kappa shape index (κ2) is 8.04. The van der Waals surface area contributed by atoms with Crippen LogP contribution in [0, 0.1) is 0 Å². The highest BCUT2D eigenvalue weighted by atomic mass is 79.9. The lowest BCUT2D eigenvalue weighted by molar-refractivity contribution is -0.122. The van der Waals surface area contributed by atoms with Crippen molar-refractivity contribution >= 4 is 27.7 Å². The number of nitrogens with two attached hydrogens (primary N) is 1. The molecule has 2 amide bonds. The van der Waals surface area contributed by atoms with Crippen molar-refractivity contribution in [3.05, 3.63) is 34.3 Å². The number of hydrogen-bond donors (Lipinski definition) is 3. The van der Waals surface area contributed by atoms with Gasteiger partial charge < -0.3 is 16.4 Å². The lowest BCUT2D eigenvalue weighted by Crippen LogP contribution is -2.42. The third kappa shape index (κ3) is 6.63. The predicted octanol–water partition coefficient (Wildman–Crippen LogP) is 1.28. The molecule has 0 radical (unpaired) electrons. The second-order valence-corrected chi connectivity index (χ2v) is 5.27. The first kappa shape index (κ1) is 17.5. The van der Waals surface area contributed by atoms with E-state index in [2.05, 4.69) is 26.6 Å². The van der Waals surface area contributed by atoms with Crippen LogP contribution in [0.15, 0.2) is 28.7 Å². The lowest BCUT2D eigenvalue weighted by Gasteiger charge is -2.14. The number of carbonyl (C=O) groups excluding carboxylic acids is 2. The second-order valence-electron chi connectivity index (χ2n) is 4.35. The molecule has 0 saturated heterocycles. The van der Waals surface area contributed by atoms with Gasteiger partial charge in [-0.25, -0.2) is 8.78 Å². The van der Waals surface area contributed by atoms with Crippen molar-refractivity contribution < 1.29 is 18.4 Å². The molecule has 1 aromatic carbocycles. The molecule has 0 unspecified atom stereocenters. The minimum Gasteiger partial charge on any atom is -0.352 e. The topological polar surface area (TPSA) is 84.2 Å². The van der Waals surface area contributed by atoms with Gasteiger partial charge in [-0.15, -0.1) is 0 Å². The molecule has 0 saturated carbocycles. The van der Waals surface area contributed by atoms with Gasteiger partial charge >= 0.3 is 0 Å². The third-order valence-electron chi connectivity index (χ3n) is 2.59. The molecule has 0 aliphatic rings. The molecule has 0 aromatic heterocycles. The van der Waals surface area contributed by atoms with Crippen LogP contribution in [0.1, 0.15) is 16.8 Å². The normalized spacial score (nSPS) is 11.0. The van der Waals surface area contributed by atoms with Crippen LogP contribution in [0.4, 0.5) is 8.78 Å². The highest BCUT2D eigenvalue weighted by molar-refractivity contribution is 9.10. The Balaban J connectivity index is 2.28. The molecule has 8 heteroatoms. The van der Waals surface area contributed by atoms with Gasteiger partial charge in [0.25, 0.3) is 11.8 Å². The minimum atomic E-state index is -3.11. The highest BCUT2D eigenvalue weighted by Gasteiger charge is 2.26. The summed E-state index contributed by atoms with van der Waals surface area (Å²) in [4.78, 5) is 23.0. The molecule has 0 atom stereocenters. The van der Waals surface area contributed by atoms with Crippen molar-refractivity contribution in [2.45, 2.75) is 12.3 Å². The van der Waals surface area contributed by atoms with Gasteiger partial charge in [0.15, 0.2) is 0 Å². The summed E-state index contributed by atoms with van der Waals surface area (Å²) in [5.41, 5.74) is 5.30. The summed E-state index contributed by atoms with van der Waals surface area (Å²) in [6.45, 7) is -1.56. The fourth-order valence-electron chi connectivity index (χ4n) is 1.38. The average Bonchev–Trinajstić information content (AvgIpc) is 2.46. The minimum absolute atomic E-state index is 0.0644. The SMILES string of the molecule is NCC(F)(F)CNC(=O)CCNC(=O)c1ccc(Br)cc1. The molecule has 116 valence electrons. The van der Waals surface area contributed by atoms with Gasteiger partial charge in [-0.1, -0.05) is 15.9 Å². The maximum atomic E-state index is 12.8. The summed E-state index contributed by atoms with van der Waals surface area (Å²) in [6.07, 6.45) is -0.0804. The molecular formula is C13H16BrF2N3O2. The number of amides is 2. The average molecular weight is 364 g/mol. The number of rotatable bonds is 7. The van der Waals surface area contributed by atoms with E-state index < -0.39 is 24.9 Å². The molecule has 4 N–H and O–H groups in total. The largest absolute Gasteiger partial charge is 0.352 e. The van der Waals surface area contributed by atoms with E-state index >= 15 is 0 Å². The molecule has 0 aliphatic heterocycles. The van der Waals surface area contributed by atoms with Crippen LogP contribution in [0.2, 0.25) is 0 Å². The Bertz CT molecular complexity index is 495. The number of carbonyl (C=O) groups is 2. The van der Waals surface area contributed by atoms with Gasteiger partial charge in [0, 0.05) is 23.0 Å². The zero-order valence-electron chi connectivity index (χ0n) is 11.2. The van der Waals surface area contributed by atoms with Crippen molar-refractivity contribution in [1.82, 2.24) is 10.6 Å². The number of benzene rings is 1. The number of hydrogen-bond acceptors (Lipinski definition) is 3. The molecule has 0 heterocycles. The van der Waals surface area contributed by atoms with Crippen molar-refractivity contribution in [2.75, 3.05) is 19.6 Å².